The molecule has 1 fully saturated rings. The second-order valence-corrected chi connectivity index (χ2v) is 14.4. The third kappa shape index (κ3) is 8.12. The highest BCUT2D eigenvalue weighted by Gasteiger charge is 2.45. The fourth-order valence-electron chi connectivity index (χ4n) is 7.16. The van der Waals surface area contributed by atoms with Gasteiger partial charge in [-0.05, 0) is 58.1 Å². The van der Waals surface area contributed by atoms with Crippen LogP contribution in [-0.4, -0.2) is 89.2 Å². The zero-order valence-electron chi connectivity index (χ0n) is 30.0. The number of aromatic nitrogens is 4. The molecule has 1 aliphatic carbocycles. The van der Waals surface area contributed by atoms with Crippen molar-refractivity contribution < 1.29 is 39.2 Å². The first-order valence-electron chi connectivity index (χ1n) is 17.3. The van der Waals surface area contributed by atoms with Gasteiger partial charge in [0.2, 0.25) is 5.91 Å². The van der Waals surface area contributed by atoms with Crippen LogP contribution >= 0.6 is 0 Å². The van der Waals surface area contributed by atoms with Gasteiger partial charge in [-0.1, -0.05) is 44.2 Å². The number of carbonyl (C=O) groups excluding carboxylic acids is 3. The van der Waals surface area contributed by atoms with Gasteiger partial charge in [0.1, 0.15) is 30.1 Å². The molecule has 52 heavy (non-hydrogen) atoms. The van der Waals surface area contributed by atoms with E-state index in [-0.39, 0.29) is 53.7 Å². The number of imidazole rings is 1. The molecule has 15 heteroatoms. The number of ether oxygens (including phenoxy) is 1. The summed E-state index contributed by atoms with van der Waals surface area (Å²) < 4.78 is 7.69. The molecule has 1 aliphatic heterocycles. The van der Waals surface area contributed by atoms with Crippen LogP contribution in [0.2, 0.25) is 0 Å². The van der Waals surface area contributed by atoms with Crippen LogP contribution in [0, 0.1) is 11.3 Å². The highest BCUT2D eigenvalue weighted by molar-refractivity contribution is 6.25. The summed E-state index contributed by atoms with van der Waals surface area (Å²) in [4.78, 5) is 64.1. The van der Waals surface area contributed by atoms with Gasteiger partial charge in [-0.3, -0.25) is 19.0 Å². The van der Waals surface area contributed by atoms with Gasteiger partial charge in [-0.25, -0.2) is 19.7 Å². The van der Waals surface area contributed by atoms with E-state index < -0.39 is 47.9 Å². The number of hydrogen-bond donors (Lipinski definition) is 6. The van der Waals surface area contributed by atoms with Crippen molar-refractivity contribution in [1.82, 2.24) is 30.2 Å². The molecule has 1 aromatic carbocycles. The summed E-state index contributed by atoms with van der Waals surface area (Å²) in [7, 11) is 0. The molecule has 0 spiro atoms. The number of Topliss-reactive ketones (excluding diaryl/α,β-unsaturated/α-hetero) is 2. The van der Waals surface area contributed by atoms with Gasteiger partial charge < -0.3 is 36.4 Å². The number of amides is 1. The van der Waals surface area contributed by atoms with E-state index in [4.69, 9.17) is 10.5 Å². The number of nitrogens with two attached hydrogens (primary N) is 1. The van der Waals surface area contributed by atoms with E-state index in [0.29, 0.717) is 41.8 Å². The number of rotatable bonds is 15. The molecule has 7 N–H and O–H groups in total. The van der Waals surface area contributed by atoms with Crippen molar-refractivity contribution in [2.24, 2.45) is 11.3 Å². The molecule has 278 valence electrons. The first-order chi connectivity index (χ1) is 24.6. The first-order valence-corrected chi connectivity index (χ1v) is 17.3. The monoisotopic (exact) mass is 717 g/mol. The number of nitrogens with one attached hydrogen (secondary N) is 2. The number of anilines is 1. The summed E-state index contributed by atoms with van der Waals surface area (Å²) in [5.41, 5.74) is 7.85. The molecule has 0 saturated carbocycles. The number of carboxylic acids is 1. The average Bonchev–Trinajstić information content (AvgIpc) is 3.65. The van der Waals surface area contributed by atoms with Crippen molar-refractivity contribution in [3.05, 3.63) is 70.8 Å². The predicted molar refractivity (Wildman–Crippen MR) is 190 cm³/mol. The Balaban J connectivity index is 1.27. The zero-order valence-corrected chi connectivity index (χ0v) is 30.0. The number of allylic oxidation sites excluding steroid dienone is 4. The molecule has 2 aromatic heterocycles. The number of aliphatic hydroxyl groups is 2. The van der Waals surface area contributed by atoms with E-state index in [2.05, 4.69) is 25.6 Å². The number of hydrogen-bond acceptors (Lipinski definition) is 12. The van der Waals surface area contributed by atoms with Gasteiger partial charge in [0.05, 0.1) is 12.4 Å². The second kappa shape index (κ2) is 15.8. The maximum atomic E-state index is 13.3. The van der Waals surface area contributed by atoms with Crippen molar-refractivity contribution in [3.63, 3.8) is 0 Å². The molecular formula is C37H47N7O8. The zero-order chi connectivity index (χ0) is 37.9. The first kappa shape index (κ1) is 38.4. The number of ketones is 2. The molecule has 2 aliphatic rings. The number of benzene rings is 1. The quantitative estimate of drug-likeness (QED) is 0.124. The van der Waals surface area contributed by atoms with E-state index in [0.717, 1.165) is 5.56 Å². The van der Waals surface area contributed by atoms with Crippen LogP contribution < -0.4 is 16.4 Å². The minimum absolute atomic E-state index is 0.0521. The SMILES string of the molecule is CC1=C(C)C(=O)C(C(C)(C)CC(=O)NC(CC[C@H](CNCc2ccccc2)C[C@H]2O[C@@H](n3cnc4c(N)ncnc43)C(O)C2O)C(=O)O)=C(C)C1=O. The standard InChI is InChI=1S/C37H47N7O8/c1-19-20(2)30(47)27(21(3)29(19)46)37(4,5)14-26(45)43-24(36(50)51)12-11-23(16-39-15-22-9-7-6-8-10-22)13-25-31(48)32(49)35(52-25)44-18-42-28-33(38)40-17-41-34(28)44/h6-10,17-18,23-25,31-32,35,39,48-49H,11-16H2,1-5H3,(H,43,45)(H,50,51)(H2,38,40,41)/t23-,24?,25+,31?,32?,35+/m0/s1. The third-order valence-corrected chi connectivity index (χ3v) is 10.1. The molecule has 0 bridgehead atoms. The fraction of sp³-hybridized carbons (Fsp3) is 0.486. The Morgan fingerprint density at radius 3 is 2.37 bits per heavy atom. The summed E-state index contributed by atoms with van der Waals surface area (Å²) in [5.74, 6) is -2.43. The van der Waals surface area contributed by atoms with Crippen LogP contribution in [0.3, 0.4) is 0 Å². The summed E-state index contributed by atoms with van der Waals surface area (Å²) in [6.07, 6.45) is -1.34. The lowest BCUT2D eigenvalue weighted by Crippen LogP contribution is -2.43. The average molecular weight is 718 g/mol. The van der Waals surface area contributed by atoms with E-state index in [9.17, 15) is 34.5 Å². The number of nitrogens with zero attached hydrogens (tertiary/aromatic N) is 4. The van der Waals surface area contributed by atoms with Gasteiger partial charge in [-0.15, -0.1) is 0 Å². The summed E-state index contributed by atoms with van der Waals surface area (Å²) >= 11 is 0. The van der Waals surface area contributed by atoms with Gasteiger partial charge in [0.15, 0.2) is 29.3 Å². The van der Waals surface area contributed by atoms with Gasteiger partial charge in [-0.2, -0.15) is 0 Å². The Bertz CT molecular complexity index is 1900. The minimum atomic E-state index is -1.32. The molecule has 0 radical (unpaired) electrons. The number of aliphatic carboxylic acids is 1. The number of carbonyl (C=O) groups is 4. The van der Waals surface area contributed by atoms with Crippen LogP contribution in [0.1, 0.15) is 72.1 Å². The molecule has 15 nitrogen and oxygen atoms in total. The normalized spacial score (nSPS) is 22.3. The molecule has 6 atom stereocenters. The van der Waals surface area contributed by atoms with E-state index >= 15 is 0 Å². The van der Waals surface area contributed by atoms with Crippen molar-refractivity contribution in [1.29, 1.82) is 0 Å². The fourth-order valence-corrected chi connectivity index (χ4v) is 7.16. The third-order valence-electron chi connectivity index (χ3n) is 10.1. The lowest BCUT2D eigenvalue weighted by molar-refractivity contribution is -0.142. The second-order valence-electron chi connectivity index (χ2n) is 14.4. The Morgan fingerprint density at radius 2 is 1.67 bits per heavy atom. The molecule has 3 heterocycles. The summed E-state index contributed by atoms with van der Waals surface area (Å²) in [6, 6.07) is 8.47. The number of carboxylic acid groups (broad SMARTS) is 1. The maximum absolute atomic E-state index is 13.3. The van der Waals surface area contributed by atoms with Gasteiger partial charge in [0, 0.05) is 40.7 Å². The van der Waals surface area contributed by atoms with Crippen LogP contribution in [0.15, 0.2) is 65.3 Å². The number of aliphatic hydroxyl groups excluding tert-OH is 2. The van der Waals surface area contributed by atoms with Crippen LogP contribution in [0.25, 0.3) is 11.2 Å². The molecule has 1 amide bonds. The Kier molecular flexibility index (Phi) is 11.7. The topological polar surface area (TPSA) is 232 Å². The number of fused-ring (bicyclic) bond motifs is 1. The smallest absolute Gasteiger partial charge is 0.326 e. The summed E-state index contributed by atoms with van der Waals surface area (Å²) in [6.45, 7) is 9.11. The molecule has 3 unspecified atom stereocenters. The van der Waals surface area contributed by atoms with Crippen molar-refractivity contribution in [2.75, 3.05) is 12.3 Å². The Labute approximate surface area is 301 Å². The molecular weight excluding hydrogens is 670 g/mol. The van der Waals surface area contributed by atoms with E-state index in [1.807, 2.05) is 30.3 Å². The Hall–Kier alpha value is -4.83. The molecule has 5 rings (SSSR count). The van der Waals surface area contributed by atoms with Gasteiger partial charge in [0.25, 0.3) is 0 Å². The lowest BCUT2D eigenvalue weighted by Gasteiger charge is -2.32. The predicted octanol–water partition coefficient (Wildman–Crippen LogP) is 2.39. The van der Waals surface area contributed by atoms with E-state index in [1.165, 1.54) is 17.2 Å². The van der Waals surface area contributed by atoms with Crippen molar-refractivity contribution >= 4 is 40.4 Å². The molecule has 3 aromatic rings. The van der Waals surface area contributed by atoms with Crippen LogP contribution in [-0.2, 0) is 30.5 Å². The largest absolute Gasteiger partial charge is 0.480 e. The lowest BCUT2D eigenvalue weighted by atomic mass is 9.71. The summed E-state index contributed by atoms with van der Waals surface area (Å²) in [5, 5.41) is 38.3. The molecule has 1 saturated heterocycles. The highest BCUT2D eigenvalue weighted by atomic mass is 16.6. The van der Waals surface area contributed by atoms with Crippen LogP contribution in [0.4, 0.5) is 5.82 Å². The van der Waals surface area contributed by atoms with Crippen molar-refractivity contribution in [2.45, 2.75) is 97.4 Å². The highest BCUT2D eigenvalue weighted by Crippen LogP contribution is 2.39. The van der Waals surface area contributed by atoms with E-state index in [1.54, 1.807) is 34.6 Å². The Morgan fingerprint density at radius 1 is 0.981 bits per heavy atom. The van der Waals surface area contributed by atoms with Gasteiger partial charge >= 0.3 is 5.97 Å². The van der Waals surface area contributed by atoms with Crippen molar-refractivity contribution in [3.8, 4) is 0 Å². The maximum Gasteiger partial charge on any atom is 0.326 e. The van der Waals surface area contributed by atoms with Crippen LogP contribution in [0.5, 0.6) is 0 Å². The number of nitrogen functional groups attached to an aromatic ring is 1. The minimum Gasteiger partial charge on any atom is -0.480 e.